The highest BCUT2D eigenvalue weighted by Gasteiger charge is 2.96. The van der Waals surface area contributed by atoms with Crippen LogP contribution in [0.1, 0.15) is 5.56 Å². The molecular weight excluding hydrogens is 479 g/mol. The van der Waals surface area contributed by atoms with E-state index in [1.165, 1.54) is 6.20 Å². The summed E-state index contributed by atoms with van der Waals surface area (Å²) in [4.78, 5) is 23.8. The maximum absolute atomic E-state index is 15.4. The lowest BCUT2D eigenvalue weighted by Crippen LogP contribution is -2.48. The Morgan fingerprint density at radius 1 is 1.30 bits per heavy atom. The third-order valence-corrected chi connectivity index (χ3v) is 8.71. The van der Waals surface area contributed by atoms with Gasteiger partial charge in [-0.3, -0.25) is 10.2 Å². The SMILES string of the molecule is Cc1c(-c2cc3cc(NC(=O)O[C@@]45C6[C@H]4[C@H]5CN6C4COC4)ncc3c(N)c2F)cnc2c1NCCO2. The number of carbonyl (C=O) groups excluding carboxylic acids is 1. The first-order chi connectivity index (χ1) is 18.0. The molecule has 2 aromatic heterocycles. The van der Waals surface area contributed by atoms with E-state index >= 15 is 4.39 Å². The molecule has 4 N–H and O–H groups in total. The molecular formula is C26H25FN6O4. The van der Waals surface area contributed by atoms with Gasteiger partial charge in [0, 0.05) is 53.8 Å². The first-order valence-electron chi connectivity index (χ1n) is 12.5. The van der Waals surface area contributed by atoms with Crippen LogP contribution in [0.15, 0.2) is 24.5 Å². The Balaban J connectivity index is 1.06. The maximum atomic E-state index is 15.4. The highest BCUT2D eigenvalue weighted by molar-refractivity contribution is 5.99. The zero-order chi connectivity index (χ0) is 25.1. The Morgan fingerprint density at radius 3 is 2.95 bits per heavy atom. The van der Waals surface area contributed by atoms with E-state index in [2.05, 4.69) is 25.5 Å². The summed E-state index contributed by atoms with van der Waals surface area (Å²) in [5, 5.41) is 7.14. The van der Waals surface area contributed by atoms with Crippen LogP contribution in [-0.2, 0) is 9.47 Å². The summed E-state index contributed by atoms with van der Waals surface area (Å²) in [6.45, 7) is 5.55. The molecule has 5 fully saturated rings. The van der Waals surface area contributed by atoms with Crippen molar-refractivity contribution in [3.8, 4) is 17.0 Å². The Kier molecular flexibility index (Phi) is 4.16. The average Bonchev–Trinajstić information content (AvgIpc) is 3.55. The molecule has 4 atom stereocenters. The molecule has 11 heteroatoms. The van der Waals surface area contributed by atoms with Gasteiger partial charge in [0.1, 0.15) is 23.7 Å². The van der Waals surface area contributed by atoms with Gasteiger partial charge in [0.05, 0.1) is 31.0 Å². The van der Waals surface area contributed by atoms with Gasteiger partial charge in [-0.2, -0.15) is 0 Å². The van der Waals surface area contributed by atoms with Gasteiger partial charge in [0.2, 0.25) is 5.88 Å². The molecule has 190 valence electrons. The van der Waals surface area contributed by atoms with E-state index in [9.17, 15) is 4.79 Å². The van der Waals surface area contributed by atoms with Crippen LogP contribution in [0, 0.1) is 24.6 Å². The number of hydrogen-bond donors (Lipinski definition) is 3. The van der Waals surface area contributed by atoms with Crippen LogP contribution in [-0.4, -0.2) is 71.6 Å². The summed E-state index contributed by atoms with van der Waals surface area (Å²) in [6.07, 6.45) is 2.54. The number of pyridine rings is 2. The second kappa shape index (κ2) is 7.20. The number of amides is 1. The summed E-state index contributed by atoms with van der Waals surface area (Å²) in [5.41, 5.74) is 8.32. The second-order valence-corrected chi connectivity index (χ2v) is 10.5. The number of fused-ring (bicyclic) bond motifs is 3. The molecule has 6 aliphatic rings. The lowest BCUT2D eigenvalue weighted by atomic mass is 9.97. The van der Waals surface area contributed by atoms with E-state index in [0.717, 1.165) is 31.0 Å². The smallest absolute Gasteiger partial charge is 0.413 e. The topological polar surface area (TPSA) is 124 Å². The quantitative estimate of drug-likeness (QED) is 0.460. The lowest BCUT2D eigenvalue weighted by molar-refractivity contribution is -0.0622. The van der Waals surface area contributed by atoms with Gasteiger partial charge in [0.15, 0.2) is 5.82 Å². The predicted octanol–water partition coefficient (Wildman–Crippen LogP) is 2.76. The van der Waals surface area contributed by atoms with Gasteiger partial charge < -0.3 is 25.3 Å². The minimum Gasteiger partial charge on any atom is -0.474 e. The van der Waals surface area contributed by atoms with Crippen molar-refractivity contribution in [3.63, 3.8) is 0 Å². The molecule has 37 heavy (non-hydrogen) atoms. The van der Waals surface area contributed by atoms with Gasteiger partial charge in [-0.25, -0.2) is 19.2 Å². The number of carbonyl (C=O) groups is 1. The second-order valence-electron chi connectivity index (χ2n) is 10.5. The fraction of sp³-hybridized carbons (Fsp3) is 0.423. The molecule has 3 saturated heterocycles. The summed E-state index contributed by atoms with van der Waals surface area (Å²) < 4.78 is 32.2. The molecule has 2 aliphatic carbocycles. The molecule has 4 aliphatic heterocycles. The lowest BCUT2D eigenvalue weighted by Gasteiger charge is -2.34. The maximum Gasteiger partial charge on any atom is 0.413 e. The van der Waals surface area contributed by atoms with Crippen LogP contribution in [0.4, 0.5) is 26.4 Å². The molecule has 2 saturated carbocycles. The van der Waals surface area contributed by atoms with Crippen molar-refractivity contribution in [2.75, 3.05) is 49.3 Å². The number of rotatable bonds is 4. The van der Waals surface area contributed by atoms with E-state index < -0.39 is 11.9 Å². The number of hydrogen-bond acceptors (Lipinski definition) is 9. The number of ether oxygens (including phenoxy) is 3. The van der Waals surface area contributed by atoms with E-state index in [1.807, 2.05) is 6.92 Å². The molecule has 1 aromatic carbocycles. The Morgan fingerprint density at radius 2 is 2.16 bits per heavy atom. The fourth-order valence-electron chi connectivity index (χ4n) is 6.60. The largest absolute Gasteiger partial charge is 0.474 e. The van der Waals surface area contributed by atoms with Crippen molar-refractivity contribution < 1.29 is 23.4 Å². The molecule has 10 nitrogen and oxygen atoms in total. The predicted molar refractivity (Wildman–Crippen MR) is 133 cm³/mol. The summed E-state index contributed by atoms with van der Waals surface area (Å²) >= 11 is 0. The van der Waals surface area contributed by atoms with E-state index in [4.69, 9.17) is 19.9 Å². The summed E-state index contributed by atoms with van der Waals surface area (Å²) in [5.74, 6) is 1.15. The summed E-state index contributed by atoms with van der Waals surface area (Å²) in [6, 6.07) is 4.16. The van der Waals surface area contributed by atoms with Gasteiger partial charge in [-0.15, -0.1) is 0 Å². The molecule has 3 aromatic rings. The Labute approximate surface area is 211 Å². The van der Waals surface area contributed by atoms with Gasteiger partial charge in [0.25, 0.3) is 0 Å². The molecule has 6 heterocycles. The average molecular weight is 505 g/mol. The van der Waals surface area contributed by atoms with E-state index in [-0.39, 0.29) is 11.3 Å². The van der Waals surface area contributed by atoms with Crippen LogP contribution in [0.2, 0.25) is 0 Å². The van der Waals surface area contributed by atoms with Crippen molar-refractivity contribution in [2.45, 2.75) is 24.6 Å². The van der Waals surface area contributed by atoms with E-state index in [1.54, 1.807) is 18.3 Å². The number of nitrogens with two attached hydrogens (primary N) is 1. The number of aromatic nitrogens is 2. The van der Waals surface area contributed by atoms with Crippen molar-refractivity contribution in [3.05, 3.63) is 35.9 Å². The zero-order valence-corrected chi connectivity index (χ0v) is 20.1. The van der Waals surface area contributed by atoms with Crippen LogP contribution in [0.5, 0.6) is 5.88 Å². The molecule has 9 rings (SSSR count). The first-order valence-corrected chi connectivity index (χ1v) is 12.5. The molecule has 2 bridgehead atoms. The normalized spacial score (nSPS) is 29.0. The number of halogens is 1. The number of piperidine rings is 1. The summed E-state index contributed by atoms with van der Waals surface area (Å²) in [7, 11) is 0. The number of anilines is 3. The van der Waals surface area contributed by atoms with Gasteiger partial charge >= 0.3 is 6.09 Å². The van der Waals surface area contributed by atoms with E-state index in [0.29, 0.717) is 70.7 Å². The van der Waals surface area contributed by atoms with Crippen molar-refractivity contribution >= 4 is 34.1 Å². The van der Waals surface area contributed by atoms with Crippen LogP contribution in [0.3, 0.4) is 0 Å². The highest BCUT2D eigenvalue weighted by atomic mass is 19.1. The first kappa shape index (κ1) is 21.4. The minimum atomic E-state index is -0.541. The third-order valence-electron chi connectivity index (χ3n) is 8.71. The van der Waals surface area contributed by atoms with Crippen molar-refractivity contribution in [1.29, 1.82) is 0 Å². The number of nitrogen functional groups attached to an aromatic ring is 1. The fourth-order valence-corrected chi connectivity index (χ4v) is 6.60. The molecule has 0 radical (unpaired) electrons. The van der Waals surface area contributed by atoms with Crippen molar-refractivity contribution in [1.82, 2.24) is 14.9 Å². The van der Waals surface area contributed by atoms with Gasteiger partial charge in [-0.05, 0) is 30.0 Å². The third kappa shape index (κ3) is 2.83. The molecule has 1 amide bonds. The Hall–Kier alpha value is -3.70. The van der Waals surface area contributed by atoms with Crippen molar-refractivity contribution in [2.24, 2.45) is 11.8 Å². The minimum absolute atomic E-state index is 0.00946. The van der Waals surface area contributed by atoms with Crippen LogP contribution in [0.25, 0.3) is 21.9 Å². The molecule has 1 unspecified atom stereocenters. The number of benzene rings is 1. The van der Waals surface area contributed by atoms with Crippen LogP contribution < -0.4 is 21.1 Å². The monoisotopic (exact) mass is 504 g/mol. The van der Waals surface area contributed by atoms with Crippen LogP contribution >= 0.6 is 0 Å². The molecule has 0 spiro atoms. The number of nitrogens with zero attached hydrogens (tertiary/aromatic N) is 3. The standard InChI is InChI=1S/C26H25FN6O4/c1-11-15(6-31-24-22(11)29-2-3-36-24)14-4-12-5-18(30-7-16(12)21(28)20(14)27)32-25(34)37-26-17-8-33(13-9-35-10-13)23(26)19(17)26/h4-7,13,17,19,23,29H,2-3,8-10,28H2,1H3,(H,30,32,34)/t17-,19-,23?,26-/m1/s1. The Bertz CT molecular complexity index is 1510. The highest BCUT2D eigenvalue weighted by Crippen LogP contribution is 2.81. The number of nitrogens with one attached hydrogen (secondary N) is 2. The zero-order valence-electron chi connectivity index (χ0n) is 20.1. The van der Waals surface area contributed by atoms with Gasteiger partial charge in [-0.1, -0.05) is 0 Å².